The number of hydrogen-bond acceptors (Lipinski definition) is 3. The molecule has 1 atom stereocenters. The Kier molecular flexibility index (Phi) is 5.06. The summed E-state index contributed by atoms with van der Waals surface area (Å²) in [6.45, 7) is 4.29. The van der Waals surface area contributed by atoms with Gasteiger partial charge in [-0.25, -0.2) is 0 Å². The van der Waals surface area contributed by atoms with E-state index in [1.54, 1.807) is 0 Å². The Morgan fingerprint density at radius 1 is 1.19 bits per heavy atom. The van der Waals surface area contributed by atoms with Crippen LogP contribution in [0.25, 0.3) is 0 Å². The average molecular weight is 351 g/mol. The first-order valence-corrected chi connectivity index (χ1v) is 7.92. The van der Waals surface area contributed by atoms with Crippen molar-refractivity contribution < 1.29 is 0 Å². The van der Waals surface area contributed by atoms with E-state index in [0.29, 0.717) is 6.04 Å². The molecule has 0 bridgehead atoms. The minimum atomic E-state index is 0.112. The number of anilines is 1. The summed E-state index contributed by atoms with van der Waals surface area (Å²) in [4.78, 5) is 2.10. The van der Waals surface area contributed by atoms with E-state index in [-0.39, 0.29) is 6.04 Å². The van der Waals surface area contributed by atoms with Gasteiger partial charge in [0.15, 0.2) is 0 Å². The van der Waals surface area contributed by atoms with E-state index in [9.17, 15) is 0 Å². The zero-order valence-corrected chi connectivity index (χ0v) is 14.8. The van der Waals surface area contributed by atoms with Gasteiger partial charge in [0, 0.05) is 25.8 Å². The molecule has 0 amide bonds. The van der Waals surface area contributed by atoms with Crippen LogP contribution in [0.1, 0.15) is 37.2 Å². The fourth-order valence-corrected chi connectivity index (χ4v) is 2.96. The zero-order chi connectivity index (χ0) is 15.6. The molecule has 4 nitrogen and oxygen atoms in total. The SMILES string of the molecule is CNC(c1ccc(N(C)C)cc1)c1c(Br)cnn1C(C)C. The molecular formula is C16H23BrN4. The molecule has 114 valence electrons. The highest BCUT2D eigenvalue weighted by Gasteiger charge is 2.21. The smallest absolute Gasteiger partial charge is 0.0757 e. The van der Waals surface area contributed by atoms with Gasteiger partial charge in [-0.2, -0.15) is 5.10 Å². The lowest BCUT2D eigenvalue weighted by Gasteiger charge is -2.22. The van der Waals surface area contributed by atoms with Crippen LogP contribution in [-0.4, -0.2) is 30.9 Å². The molecule has 0 aliphatic rings. The van der Waals surface area contributed by atoms with Crippen LogP contribution < -0.4 is 10.2 Å². The summed E-state index contributed by atoms with van der Waals surface area (Å²) in [6.07, 6.45) is 1.87. The molecule has 2 aromatic rings. The van der Waals surface area contributed by atoms with E-state index in [0.717, 1.165) is 10.2 Å². The number of rotatable bonds is 5. The monoisotopic (exact) mass is 350 g/mol. The van der Waals surface area contributed by atoms with E-state index < -0.39 is 0 Å². The highest BCUT2D eigenvalue weighted by Crippen LogP contribution is 2.31. The lowest BCUT2D eigenvalue weighted by Crippen LogP contribution is -2.23. The highest BCUT2D eigenvalue weighted by atomic mass is 79.9. The molecule has 21 heavy (non-hydrogen) atoms. The first-order valence-electron chi connectivity index (χ1n) is 7.13. The van der Waals surface area contributed by atoms with Gasteiger partial charge in [0.1, 0.15) is 0 Å². The summed E-state index contributed by atoms with van der Waals surface area (Å²) in [5.74, 6) is 0. The second kappa shape index (κ2) is 6.62. The van der Waals surface area contributed by atoms with Gasteiger partial charge in [-0.1, -0.05) is 12.1 Å². The maximum atomic E-state index is 4.48. The summed E-state index contributed by atoms with van der Waals surface area (Å²) in [7, 11) is 6.08. The molecular weight excluding hydrogens is 328 g/mol. The Labute approximate surface area is 135 Å². The lowest BCUT2D eigenvalue weighted by molar-refractivity contribution is 0.483. The van der Waals surface area contributed by atoms with Gasteiger partial charge < -0.3 is 10.2 Å². The van der Waals surface area contributed by atoms with Crippen molar-refractivity contribution in [2.75, 3.05) is 26.0 Å². The molecule has 0 spiro atoms. The molecule has 0 saturated carbocycles. The van der Waals surface area contributed by atoms with Crippen molar-refractivity contribution in [3.63, 3.8) is 0 Å². The van der Waals surface area contributed by atoms with E-state index in [1.165, 1.54) is 11.3 Å². The predicted octanol–water partition coefficient (Wildman–Crippen LogP) is 3.60. The molecule has 5 heteroatoms. The van der Waals surface area contributed by atoms with Gasteiger partial charge in [-0.15, -0.1) is 0 Å². The van der Waals surface area contributed by atoms with Crippen LogP contribution in [0.2, 0.25) is 0 Å². The zero-order valence-electron chi connectivity index (χ0n) is 13.3. The van der Waals surface area contributed by atoms with Crippen LogP contribution >= 0.6 is 15.9 Å². The number of aromatic nitrogens is 2. The van der Waals surface area contributed by atoms with Gasteiger partial charge >= 0.3 is 0 Å². The van der Waals surface area contributed by atoms with E-state index in [2.05, 4.69) is 88.1 Å². The Morgan fingerprint density at radius 3 is 2.29 bits per heavy atom. The molecule has 0 fully saturated rings. The van der Waals surface area contributed by atoms with Crippen molar-refractivity contribution in [1.29, 1.82) is 0 Å². The van der Waals surface area contributed by atoms with Crippen molar-refractivity contribution in [2.24, 2.45) is 0 Å². The van der Waals surface area contributed by atoms with Crippen LogP contribution in [0.5, 0.6) is 0 Å². The summed E-state index contributed by atoms with van der Waals surface area (Å²) in [5.41, 5.74) is 3.58. The van der Waals surface area contributed by atoms with E-state index in [4.69, 9.17) is 0 Å². The predicted molar refractivity (Wildman–Crippen MR) is 92.0 cm³/mol. The third-order valence-electron chi connectivity index (χ3n) is 3.58. The fraction of sp³-hybridized carbons (Fsp3) is 0.438. The quantitative estimate of drug-likeness (QED) is 0.894. The van der Waals surface area contributed by atoms with Gasteiger partial charge in [-0.05, 0) is 54.5 Å². The molecule has 0 radical (unpaired) electrons. The summed E-state index contributed by atoms with van der Waals surface area (Å²) in [5, 5.41) is 7.88. The third kappa shape index (κ3) is 3.30. The second-order valence-electron chi connectivity index (χ2n) is 5.62. The Morgan fingerprint density at radius 2 is 1.81 bits per heavy atom. The number of nitrogens with one attached hydrogen (secondary N) is 1. The molecule has 0 saturated heterocycles. The molecule has 0 aliphatic heterocycles. The molecule has 1 aromatic carbocycles. The first-order chi connectivity index (χ1) is 9.95. The van der Waals surface area contributed by atoms with Crippen molar-refractivity contribution in [1.82, 2.24) is 15.1 Å². The topological polar surface area (TPSA) is 33.1 Å². The lowest BCUT2D eigenvalue weighted by atomic mass is 10.0. The highest BCUT2D eigenvalue weighted by molar-refractivity contribution is 9.10. The molecule has 1 unspecified atom stereocenters. The maximum Gasteiger partial charge on any atom is 0.0757 e. The molecule has 1 heterocycles. The first kappa shape index (κ1) is 16.0. The number of halogens is 1. The third-order valence-corrected chi connectivity index (χ3v) is 4.19. The summed E-state index contributed by atoms with van der Waals surface area (Å²) in [6, 6.07) is 9.05. The number of nitrogens with zero attached hydrogens (tertiary/aromatic N) is 3. The van der Waals surface area contributed by atoms with Crippen molar-refractivity contribution >= 4 is 21.6 Å². The van der Waals surface area contributed by atoms with Crippen molar-refractivity contribution in [2.45, 2.75) is 25.9 Å². The van der Waals surface area contributed by atoms with Gasteiger partial charge in [-0.3, -0.25) is 4.68 Å². The van der Waals surface area contributed by atoms with Crippen LogP contribution in [0.3, 0.4) is 0 Å². The van der Waals surface area contributed by atoms with Crippen molar-refractivity contribution in [3.8, 4) is 0 Å². The minimum Gasteiger partial charge on any atom is -0.378 e. The molecule has 2 rings (SSSR count). The largest absolute Gasteiger partial charge is 0.378 e. The van der Waals surface area contributed by atoms with Crippen LogP contribution in [-0.2, 0) is 0 Å². The van der Waals surface area contributed by atoms with Crippen LogP contribution in [0, 0.1) is 0 Å². The number of benzene rings is 1. The normalized spacial score (nSPS) is 12.7. The summed E-state index contributed by atoms with van der Waals surface area (Å²) < 4.78 is 3.10. The Hall–Kier alpha value is -1.33. The van der Waals surface area contributed by atoms with Gasteiger partial charge in [0.2, 0.25) is 0 Å². The maximum absolute atomic E-state index is 4.48. The van der Waals surface area contributed by atoms with Crippen LogP contribution in [0.4, 0.5) is 5.69 Å². The van der Waals surface area contributed by atoms with Crippen LogP contribution in [0.15, 0.2) is 34.9 Å². The fourth-order valence-electron chi connectivity index (χ4n) is 2.46. The number of hydrogen-bond donors (Lipinski definition) is 1. The molecule has 1 aromatic heterocycles. The van der Waals surface area contributed by atoms with E-state index in [1.807, 2.05) is 13.2 Å². The summed E-state index contributed by atoms with van der Waals surface area (Å²) >= 11 is 3.63. The van der Waals surface area contributed by atoms with Crippen molar-refractivity contribution in [3.05, 3.63) is 46.2 Å². The molecule has 1 N–H and O–H groups in total. The van der Waals surface area contributed by atoms with E-state index >= 15 is 0 Å². The molecule has 0 aliphatic carbocycles. The second-order valence-corrected chi connectivity index (χ2v) is 6.48. The van der Waals surface area contributed by atoms with Gasteiger partial charge in [0.05, 0.1) is 22.4 Å². The standard InChI is InChI=1S/C16H23BrN4/c1-11(2)21-16(14(17)10-19-21)15(18-3)12-6-8-13(9-7-12)20(4)5/h6-11,15,18H,1-5H3. The minimum absolute atomic E-state index is 0.112. The Bertz CT molecular complexity index is 587. The van der Waals surface area contributed by atoms with Gasteiger partial charge in [0.25, 0.3) is 0 Å². The Balaban J connectivity index is 2.42. The average Bonchev–Trinajstić information content (AvgIpc) is 2.83.